The van der Waals surface area contributed by atoms with Crippen molar-refractivity contribution in [2.24, 2.45) is 7.05 Å². The van der Waals surface area contributed by atoms with Crippen LogP contribution in [0.4, 0.5) is 13.2 Å². The smallest absolute Gasteiger partial charge is 0.223 e. The molecule has 0 spiro atoms. The van der Waals surface area contributed by atoms with E-state index in [1.54, 1.807) is 4.90 Å². The molecule has 4 rings (SSSR count). The standard InChI is InChI=1S/C21H24F3N3O2S/c1-25-16(6-7-18(29)26-8-2-3-13(26)11-28)17-9-12(10-27(17)21(25)30)19-14(22)4-5-15(23)20(19)24/h4-5,12-13,28H,2-3,6-11H2,1H3/t12-,13-/m0/s1. The Hall–Kier alpha value is -2.13. The number of carbonyl (C=O) groups is 1. The average molecular weight is 440 g/mol. The summed E-state index contributed by atoms with van der Waals surface area (Å²) in [4.78, 5) is 14.4. The minimum Gasteiger partial charge on any atom is -0.394 e. The molecule has 1 fully saturated rings. The number of aliphatic hydroxyl groups is 1. The minimum atomic E-state index is -1.15. The molecule has 0 radical (unpaired) electrons. The number of nitrogens with zero attached hydrogens (tertiary/aromatic N) is 3. The zero-order chi connectivity index (χ0) is 21.6. The van der Waals surface area contributed by atoms with Crippen LogP contribution < -0.4 is 0 Å². The van der Waals surface area contributed by atoms with Crippen molar-refractivity contribution >= 4 is 18.1 Å². The van der Waals surface area contributed by atoms with Gasteiger partial charge in [0.2, 0.25) is 5.91 Å². The Morgan fingerprint density at radius 2 is 2.00 bits per heavy atom. The predicted octanol–water partition coefficient (Wildman–Crippen LogP) is 3.23. The normalized spacial score (nSPS) is 20.8. The first-order chi connectivity index (χ1) is 14.3. The Kier molecular flexibility index (Phi) is 5.76. The van der Waals surface area contributed by atoms with Gasteiger partial charge >= 0.3 is 0 Å². The maximum atomic E-state index is 14.3. The number of benzene rings is 1. The van der Waals surface area contributed by atoms with E-state index in [9.17, 15) is 23.1 Å². The number of aromatic nitrogens is 2. The third-order valence-corrected chi connectivity index (χ3v) is 6.89. The minimum absolute atomic E-state index is 0.0193. The number of fused-ring (bicyclic) bond motifs is 1. The number of aliphatic hydroxyl groups excluding tert-OH is 1. The average Bonchev–Trinajstić information content (AvgIpc) is 3.42. The van der Waals surface area contributed by atoms with E-state index in [0.29, 0.717) is 24.2 Å². The fourth-order valence-electron chi connectivity index (χ4n) is 4.84. The molecular weight excluding hydrogens is 415 g/mol. The molecule has 3 heterocycles. The molecule has 2 aromatic rings. The van der Waals surface area contributed by atoms with Gasteiger partial charge in [-0.15, -0.1) is 0 Å². The second-order valence-electron chi connectivity index (χ2n) is 8.07. The van der Waals surface area contributed by atoms with Crippen molar-refractivity contribution in [1.29, 1.82) is 0 Å². The van der Waals surface area contributed by atoms with Crippen LogP contribution >= 0.6 is 12.2 Å². The molecule has 2 aliphatic rings. The Balaban J connectivity index is 1.55. The summed E-state index contributed by atoms with van der Waals surface area (Å²) in [5.41, 5.74) is 1.44. The largest absolute Gasteiger partial charge is 0.394 e. The van der Waals surface area contributed by atoms with Crippen LogP contribution in [0.1, 0.15) is 42.1 Å². The highest BCUT2D eigenvalue weighted by molar-refractivity contribution is 7.71. The fourth-order valence-corrected chi connectivity index (χ4v) is 5.14. The molecule has 0 aliphatic carbocycles. The summed E-state index contributed by atoms with van der Waals surface area (Å²) >= 11 is 5.50. The number of hydrogen-bond donors (Lipinski definition) is 1. The van der Waals surface area contributed by atoms with Gasteiger partial charge in [0.15, 0.2) is 16.4 Å². The molecule has 0 unspecified atom stereocenters. The summed E-state index contributed by atoms with van der Waals surface area (Å²) in [6.07, 6.45) is 2.73. The first-order valence-electron chi connectivity index (χ1n) is 10.1. The Morgan fingerprint density at radius 3 is 2.73 bits per heavy atom. The Bertz CT molecular complexity index is 1050. The lowest BCUT2D eigenvalue weighted by Gasteiger charge is -2.23. The molecule has 0 saturated carbocycles. The van der Waals surface area contributed by atoms with Crippen molar-refractivity contribution in [1.82, 2.24) is 14.0 Å². The van der Waals surface area contributed by atoms with Gasteiger partial charge in [0.05, 0.1) is 12.6 Å². The number of likely N-dealkylation sites (tertiary alicyclic amines) is 1. The van der Waals surface area contributed by atoms with E-state index in [1.807, 2.05) is 16.2 Å². The van der Waals surface area contributed by atoms with E-state index in [1.165, 1.54) is 0 Å². The molecule has 0 bridgehead atoms. The highest BCUT2D eigenvalue weighted by Gasteiger charge is 2.33. The molecule has 30 heavy (non-hydrogen) atoms. The van der Waals surface area contributed by atoms with E-state index in [0.717, 1.165) is 36.4 Å². The zero-order valence-electron chi connectivity index (χ0n) is 16.7. The third kappa shape index (κ3) is 3.47. The van der Waals surface area contributed by atoms with E-state index < -0.39 is 23.4 Å². The molecule has 1 saturated heterocycles. The maximum Gasteiger partial charge on any atom is 0.223 e. The van der Waals surface area contributed by atoms with Gasteiger partial charge in [0, 0.05) is 49.4 Å². The van der Waals surface area contributed by atoms with Crippen LogP contribution in [0.5, 0.6) is 0 Å². The molecule has 1 amide bonds. The van der Waals surface area contributed by atoms with Crippen LogP contribution in [0.25, 0.3) is 0 Å². The summed E-state index contributed by atoms with van der Waals surface area (Å²) in [5.74, 6) is -3.55. The van der Waals surface area contributed by atoms with Crippen molar-refractivity contribution < 1.29 is 23.1 Å². The summed E-state index contributed by atoms with van der Waals surface area (Å²) in [6.45, 7) is 0.881. The van der Waals surface area contributed by atoms with Crippen molar-refractivity contribution in [2.45, 2.75) is 50.6 Å². The Labute approximate surface area is 177 Å². The first kappa shape index (κ1) is 21.1. The van der Waals surface area contributed by atoms with Crippen LogP contribution in [-0.2, 0) is 31.2 Å². The molecule has 9 heteroatoms. The summed E-state index contributed by atoms with van der Waals surface area (Å²) in [7, 11) is 1.82. The number of amides is 1. The monoisotopic (exact) mass is 439 g/mol. The number of halogens is 3. The molecule has 1 N–H and O–H groups in total. The van der Waals surface area contributed by atoms with Crippen LogP contribution in [0.15, 0.2) is 12.1 Å². The molecule has 5 nitrogen and oxygen atoms in total. The van der Waals surface area contributed by atoms with Crippen LogP contribution in [0, 0.1) is 22.2 Å². The molecule has 1 aromatic carbocycles. The Morgan fingerprint density at radius 1 is 1.27 bits per heavy atom. The topological polar surface area (TPSA) is 50.4 Å². The lowest BCUT2D eigenvalue weighted by Crippen LogP contribution is -2.37. The van der Waals surface area contributed by atoms with Crippen LogP contribution in [0.3, 0.4) is 0 Å². The highest BCUT2D eigenvalue weighted by atomic mass is 32.1. The van der Waals surface area contributed by atoms with Crippen molar-refractivity contribution in [3.63, 3.8) is 0 Å². The third-order valence-electron chi connectivity index (χ3n) is 6.40. The number of rotatable bonds is 5. The van der Waals surface area contributed by atoms with Gasteiger partial charge in [-0.05, 0) is 50.0 Å². The van der Waals surface area contributed by atoms with Gasteiger partial charge in [-0.25, -0.2) is 13.2 Å². The molecule has 1 aromatic heterocycles. The van der Waals surface area contributed by atoms with Gasteiger partial charge in [0.1, 0.15) is 5.82 Å². The van der Waals surface area contributed by atoms with Crippen LogP contribution in [-0.4, -0.2) is 44.2 Å². The lowest BCUT2D eigenvalue weighted by atomic mass is 9.94. The van der Waals surface area contributed by atoms with Crippen LogP contribution in [0.2, 0.25) is 0 Å². The molecular formula is C21H24F3N3O2S. The molecule has 2 atom stereocenters. The lowest BCUT2D eigenvalue weighted by molar-refractivity contribution is -0.132. The second kappa shape index (κ2) is 8.19. The quantitative estimate of drug-likeness (QED) is 0.575. The van der Waals surface area contributed by atoms with Gasteiger partial charge in [0.25, 0.3) is 0 Å². The summed E-state index contributed by atoms with van der Waals surface area (Å²) < 4.78 is 46.4. The molecule has 162 valence electrons. The van der Waals surface area contributed by atoms with E-state index in [-0.39, 0.29) is 37.1 Å². The van der Waals surface area contributed by atoms with Gasteiger partial charge < -0.3 is 19.1 Å². The SMILES string of the molecule is Cn1c(CCC(=O)N2CCC[C@H]2CO)c2n(c1=S)C[C@@H](c1c(F)ccc(F)c1F)C2. The van der Waals surface area contributed by atoms with Gasteiger partial charge in [-0.3, -0.25) is 4.79 Å². The molecule has 2 aliphatic heterocycles. The highest BCUT2D eigenvalue weighted by Crippen LogP contribution is 2.36. The van der Waals surface area contributed by atoms with Gasteiger partial charge in [-0.1, -0.05) is 0 Å². The zero-order valence-corrected chi connectivity index (χ0v) is 17.5. The predicted molar refractivity (Wildman–Crippen MR) is 107 cm³/mol. The maximum absolute atomic E-state index is 14.3. The van der Waals surface area contributed by atoms with E-state index in [2.05, 4.69) is 0 Å². The second-order valence-corrected chi connectivity index (χ2v) is 8.43. The van der Waals surface area contributed by atoms with Crippen molar-refractivity contribution in [2.75, 3.05) is 13.2 Å². The number of imidazole rings is 1. The van der Waals surface area contributed by atoms with Crippen molar-refractivity contribution in [3.05, 3.63) is 51.3 Å². The van der Waals surface area contributed by atoms with E-state index in [4.69, 9.17) is 12.2 Å². The first-order valence-corrected chi connectivity index (χ1v) is 10.5. The fraction of sp³-hybridized carbons (Fsp3) is 0.524. The van der Waals surface area contributed by atoms with Crippen molar-refractivity contribution in [3.8, 4) is 0 Å². The summed E-state index contributed by atoms with van der Waals surface area (Å²) in [6, 6.07) is 1.61. The number of carbonyl (C=O) groups excluding carboxylic acids is 1. The van der Waals surface area contributed by atoms with E-state index >= 15 is 0 Å². The summed E-state index contributed by atoms with van der Waals surface area (Å²) in [5, 5.41) is 9.44. The van der Waals surface area contributed by atoms with Gasteiger partial charge in [-0.2, -0.15) is 0 Å². The number of hydrogen-bond acceptors (Lipinski definition) is 3.